The van der Waals surface area contributed by atoms with Gasteiger partial charge in [-0.2, -0.15) is 0 Å². The van der Waals surface area contributed by atoms with Crippen LogP contribution in [0.3, 0.4) is 0 Å². The maximum Gasteiger partial charge on any atom is 0.287 e. The Labute approximate surface area is 163 Å². The third-order valence-electron chi connectivity index (χ3n) is 4.07. The lowest BCUT2D eigenvalue weighted by Crippen LogP contribution is -2.64. The first-order valence-corrected chi connectivity index (χ1v) is 8.67. The highest BCUT2D eigenvalue weighted by Crippen LogP contribution is 2.23. The van der Waals surface area contributed by atoms with E-state index in [1.807, 2.05) is 5.48 Å². The number of aromatic nitrogens is 2. The van der Waals surface area contributed by atoms with Crippen LogP contribution in [0.4, 0.5) is 10.1 Å². The molecule has 1 aliphatic rings. The number of aliphatic hydroxyl groups is 1. The zero-order valence-corrected chi connectivity index (χ0v) is 15.2. The quantitative estimate of drug-likeness (QED) is 0.215. The van der Waals surface area contributed by atoms with Crippen LogP contribution in [0.1, 0.15) is 18.5 Å². The van der Waals surface area contributed by atoms with Crippen molar-refractivity contribution in [1.29, 1.82) is 0 Å². The van der Waals surface area contributed by atoms with Gasteiger partial charge in [0.15, 0.2) is 11.6 Å². The molecule has 0 amide bonds. The molecule has 0 aliphatic carbocycles. The van der Waals surface area contributed by atoms with E-state index in [-0.39, 0.29) is 60.0 Å². The number of benzene rings is 1. The third kappa shape index (κ3) is 4.44. The summed E-state index contributed by atoms with van der Waals surface area (Å²) in [5.41, 5.74) is 0.763. The van der Waals surface area contributed by atoms with Crippen LogP contribution >= 0.6 is 11.6 Å². The van der Waals surface area contributed by atoms with Crippen molar-refractivity contribution >= 4 is 28.9 Å². The number of hydrogen-bond acceptors (Lipinski definition) is 9. The lowest BCUT2D eigenvalue weighted by atomic mass is 9.89. The van der Waals surface area contributed by atoms with Crippen molar-refractivity contribution in [3.8, 4) is 5.88 Å². The van der Waals surface area contributed by atoms with Crippen molar-refractivity contribution in [2.24, 2.45) is 4.99 Å². The third-order valence-corrected chi connectivity index (χ3v) is 4.36. The SMILES string of the molecule is O=C(CCCOc1nonc1C(=Nc1ccc(F)c(Cl)c1)NO)C1(O)CNC1. The molecule has 1 saturated heterocycles. The number of β-amino-alcohol motifs (C(OH)–C–C–N with tert-alkyl or cyclic N) is 1. The molecule has 0 saturated carbocycles. The molecule has 10 nitrogen and oxygen atoms in total. The van der Waals surface area contributed by atoms with Crippen LogP contribution in [0.15, 0.2) is 27.8 Å². The van der Waals surface area contributed by atoms with E-state index in [9.17, 15) is 19.5 Å². The molecular weight excluding hydrogens is 397 g/mol. The van der Waals surface area contributed by atoms with Gasteiger partial charge in [0.1, 0.15) is 11.4 Å². The minimum Gasteiger partial charge on any atom is -0.474 e. The number of ether oxygens (including phenoxy) is 1. The van der Waals surface area contributed by atoms with Crippen LogP contribution in [0.25, 0.3) is 0 Å². The summed E-state index contributed by atoms with van der Waals surface area (Å²) >= 11 is 5.71. The minimum atomic E-state index is -1.29. The molecule has 28 heavy (non-hydrogen) atoms. The monoisotopic (exact) mass is 413 g/mol. The van der Waals surface area contributed by atoms with Crippen molar-refractivity contribution in [2.45, 2.75) is 18.4 Å². The van der Waals surface area contributed by atoms with Gasteiger partial charge in [0.25, 0.3) is 5.88 Å². The van der Waals surface area contributed by atoms with Gasteiger partial charge in [-0.05, 0) is 34.9 Å². The van der Waals surface area contributed by atoms with Crippen molar-refractivity contribution in [3.05, 3.63) is 34.7 Å². The maximum atomic E-state index is 13.2. The van der Waals surface area contributed by atoms with E-state index in [1.54, 1.807) is 0 Å². The molecule has 3 rings (SSSR count). The number of carbonyl (C=O) groups excluding carboxylic acids is 1. The molecule has 0 atom stereocenters. The topological polar surface area (TPSA) is 142 Å². The van der Waals surface area contributed by atoms with Gasteiger partial charge in [-0.3, -0.25) is 15.5 Å². The maximum absolute atomic E-state index is 13.2. The van der Waals surface area contributed by atoms with E-state index < -0.39 is 11.4 Å². The Kier molecular flexibility index (Phi) is 6.19. The molecule has 150 valence electrons. The Morgan fingerprint density at radius 2 is 2.25 bits per heavy atom. The standard InChI is InChI=1S/C16H17ClFN5O5/c17-10-6-9(3-4-11(10)18)20-14(21-26)13-15(23-28-22-13)27-5-1-2-12(24)16(25)7-19-8-16/h3-4,6,19,25-26H,1-2,5,7-8H2,(H,20,21). The normalized spacial score (nSPS) is 15.8. The summed E-state index contributed by atoms with van der Waals surface area (Å²) in [7, 11) is 0. The highest BCUT2D eigenvalue weighted by molar-refractivity contribution is 6.31. The predicted octanol–water partition coefficient (Wildman–Crippen LogP) is 0.982. The minimum absolute atomic E-state index is 0.0314. The molecule has 12 heteroatoms. The van der Waals surface area contributed by atoms with Crippen LogP contribution in [-0.2, 0) is 4.79 Å². The number of aliphatic imine (C=N–C) groups is 1. The number of amidine groups is 1. The fourth-order valence-electron chi connectivity index (χ4n) is 2.43. The number of nitrogens with one attached hydrogen (secondary N) is 2. The molecule has 0 bridgehead atoms. The van der Waals surface area contributed by atoms with Crippen molar-refractivity contribution in [1.82, 2.24) is 21.1 Å². The summed E-state index contributed by atoms with van der Waals surface area (Å²) in [6, 6.07) is 3.73. The van der Waals surface area contributed by atoms with E-state index in [1.165, 1.54) is 12.1 Å². The van der Waals surface area contributed by atoms with E-state index in [2.05, 4.69) is 25.3 Å². The number of Topliss-reactive ketones (excluding diaryl/α,β-unsaturated/α-hetero) is 1. The number of rotatable bonds is 8. The molecule has 2 aromatic rings. The Bertz CT molecular complexity index is 886. The van der Waals surface area contributed by atoms with Crippen molar-refractivity contribution < 1.29 is 28.9 Å². The van der Waals surface area contributed by atoms with E-state index in [0.29, 0.717) is 6.42 Å². The largest absolute Gasteiger partial charge is 0.474 e. The lowest BCUT2D eigenvalue weighted by Gasteiger charge is -2.35. The van der Waals surface area contributed by atoms with Gasteiger partial charge in [0, 0.05) is 19.5 Å². The second kappa shape index (κ2) is 8.61. The van der Waals surface area contributed by atoms with E-state index in [0.717, 1.165) is 6.07 Å². The van der Waals surface area contributed by atoms with Crippen LogP contribution in [0.2, 0.25) is 5.02 Å². The van der Waals surface area contributed by atoms with Gasteiger partial charge < -0.3 is 15.2 Å². The summed E-state index contributed by atoms with van der Waals surface area (Å²) in [6.07, 6.45) is 0.464. The average molecular weight is 414 g/mol. The van der Waals surface area contributed by atoms with Crippen LogP contribution < -0.4 is 15.5 Å². The van der Waals surface area contributed by atoms with Crippen molar-refractivity contribution in [3.63, 3.8) is 0 Å². The summed E-state index contributed by atoms with van der Waals surface area (Å²) in [6.45, 7) is 0.594. The molecule has 4 N–H and O–H groups in total. The van der Waals surface area contributed by atoms with Gasteiger partial charge in [0.05, 0.1) is 17.3 Å². The average Bonchev–Trinajstić information content (AvgIpc) is 3.12. The highest BCUT2D eigenvalue weighted by atomic mass is 35.5. The van der Waals surface area contributed by atoms with E-state index >= 15 is 0 Å². The first kappa shape index (κ1) is 20.1. The molecule has 0 unspecified atom stereocenters. The summed E-state index contributed by atoms with van der Waals surface area (Å²) < 4.78 is 23.3. The first-order valence-electron chi connectivity index (χ1n) is 8.29. The van der Waals surface area contributed by atoms with Gasteiger partial charge >= 0.3 is 0 Å². The summed E-state index contributed by atoms with van der Waals surface area (Å²) in [4.78, 5) is 16.0. The Balaban J connectivity index is 1.62. The molecule has 0 spiro atoms. The van der Waals surface area contributed by atoms with Gasteiger partial charge in [-0.25, -0.2) is 14.0 Å². The Morgan fingerprint density at radius 1 is 1.46 bits per heavy atom. The van der Waals surface area contributed by atoms with Crippen LogP contribution in [-0.4, -0.2) is 57.5 Å². The zero-order valence-electron chi connectivity index (χ0n) is 14.5. The molecule has 0 radical (unpaired) electrons. The fourth-order valence-corrected chi connectivity index (χ4v) is 2.60. The lowest BCUT2D eigenvalue weighted by molar-refractivity contribution is -0.142. The number of nitrogens with zero attached hydrogens (tertiary/aromatic N) is 3. The van der Waals surface area contributed by atoms with Gasteiger partial charge in [-0.1, -0.05) is 11.6 Å². The fraction of sp³-hybridized carbons (Fsp3) is 0.375. The number of hydroxylamine groups is 1. The number of halogens is 2. The summed E-state index contributed by atoms with van der Waals surface area (Å²) in [5.74, 6) is -1.10. The van der Waals surface area contributed by atoms with Gasteiger partial charge in [0.2, 0.25) is 5.69 Å². The second-order valence-electron chi connectivity index (χ2n) is 6.10. The Morgan fingerprint density at radius 3 is 2.89 bits per heavy atom. The Hall–Kier alpha value is -2.60. The summed E-state index contributed by atoms with van der Waals surface area (Å²) in [5, 5.41) is 29.2. The first-order chi connectivity index (χ1) is 13.4. The molecular formula is C16H17ClFN5O5. The molecule has 1 aromatic carbocycles. The van der Waals surface area contributed by atoms with E-state index in [4.69, 9.17) is 16.3 Å². The van der Waals surface area contributed by atoms with Gasteiger partial charge in [-0.15, -0.1) is 0 Å². The van der Waals surface area contributed by atoms with Crippen molar-refractivity contribution in [2.75, 3.05) is 19.7 Å². The number of carbonyl (C=O) groups is 1. The molecule has 1 aliphatic heterocycles. The highest BCUT2D eigenvalue weighted by Gasteiger charge is 2.40. The molecule has 1 aromatic heterocycles. The van der Waals surface area contributed by atoms with Crippen LogP contribution in [0.5, 0.6) is 5.88 Å². The zero-order chi connectivity index (χ0) is 20.1. The number of hydrogen-bond donors (Lipinski definition) is 4. The molecule has 1 fully saturated rings. The second-order valence-corrected chi connectivity index (χ2v) is 6.51. The number of ketones is 1. The predicted molar refractivity (Wildman–Crippen MR) is 94.4 cm³/mol. The van der Waals surface area contributed by atoms with Crippen LogP contribution in [0, 0.1) is 5.82 Å². The molecule has 2 heterocycles. The smallest absolute Gasteiger partial charge is 0.287 e.